The van der Waals surface area contributed by atoms with Gasteiger partial charge in [0.05, 0.1) is 15.7 Å². The minimum atomic E-state index is -0.364. The highest BCUT2D eigenvalue weighted by Gasteiger charge is 2.21. The fourth-order valence-corrected chi connectivity index (χ4v) is 3.12. The molecule has 1 fully saturated rings. The first-order chi connectivity index (χ1) is 9.15. The number of benzene rings is 1. The average Bonchev–Trinajstić information content (AvgIpc) is 2.45. The van der Waals surface area contributed by atoms with Gasteiger partial charge in [-0.25, -0.2) is 4.39 Å². The SMILES string of the molecule is CCC1CCC(Nc2ccc(C#N)c(Br)c2F)CC1. The van der Waals surface area contributed by atoms with Crippen LogP contribution >= 0.6 is 15.9 Å². The van der Waals surface area contributed by atoms with E-state index in [1.807, 2.05) is 6.07 Å². The summed E-state index contributed by atoms with van der Waals surface area (Å²) in [5.74, 6) is 0.465. The predicted molar refractivity (Wildman–Crippen MR) is 78.5 cm³/mol. The number of rotatable bonds is 3. The lowest BCUT2D eigenvalue weighted by Gasteiger charge is -2.29. The molecule has 0 bridgehead atoms. The lowest BCUT2D eigenvalue weighted by atomic mass is 9.84. The lowest BCUT2D eigenvalue weighted by molar-refractivity contribution is 0.329. The van der Waals surface area contributed by atoms with Crippen LogP contribution in [0.3, 0.4) is 0 Å². The second-order valence-corrected chi connectivity index (χ2v) is 5.96. The number of nitriles is 1. The summed E-state index contributed by atoms with van der Waals surface area (Å²) in [5, 5.41) is 12.1. The molecule has 2 rings (SSSR count). The third kappa shape index (κ3) is 3.27. The highest BCUT2D eigenvalue weighted by Crippen LogP contribution is 2.31. The van der Waals surface area contributed by atoms with E-state index in [1.165, 1.54) is 19.3 Å². The minimum Gasteiger partial charge on any atom is -0.380 e. The molecule has 1 aliphatic rings. The Morgan fingerprint density at radius 1 is 1.37 bits per heavy atom. The summed E-state index contributed by atoms with van der Waals surface area (Å²) in [7, 11) is 0. The first-order valence-corrected chi connectivity index (χ1v) is 7.59. The third-order valence-corrected chi connectivity index (χ3v) is 4.76. The molecular weight excluding hydrogens is 307 g/mol. The molecule has 0 amide bonds. The quantitative estimate of drug-likeness (QED) is 0.863. The molecule has 0 saturated heterocycles. The van der Waals surface area contributed by atoms with Gasteiger partial charge in [-0.2, -0.15) is 5.26 Å². The number of anilines is 1. The van der Waals surface area contributed by atoms with E-state index in [1.54, 1.807) is 12.1 Å². The summed E-state index contributed by atoms with van der Waals surface area (Å²) in [5.41, 5.74) is 0.823. The Kier molecular flexibility index (Phi) is 4.81. The average molecular weight is 325 g/mol. The largest absolute Gasteiger partial charge is 0.380 e. The van der Waals surface area contributed by atoms with Crippen LogP contribution in [-0.4, -0.2) is 6.04 Å². The molecule has 0 radical (unpaired) electrons. The molecule has 2 nitrogen and oxygen atoms in total. The molecule has 0 unspecified atom stereocenters. The normalized spacial score (nSPS) is 22.8. The second kappa shape index (κ2) is 6.38. The summed E-state index contributed by atoms with van der Waals surface area (Å²) in [4.78, 5) is 0. The first kappa shape index (κ1) is 14.3. The van der Waals surface area contributed by atoms with Crippen LogP contribution in [0.1, 0.15) is 44.6 Å². The molecule has 102 valence electrons. The van der Waals surface area contributed by atoms with Gasteiger partial charge in [0, 0.05) is 6.04 Å². The van der Waals surface area contributed by atoms with Crippen molar-refractivity contribution in [1.82, 2.24) is 0 Å². The topological polar surface area (TPSA) is 35.8 Å². The standard InChI is InChI=1S/C15H18BrFN2/c1-2-10-3-6-12(7-4-10)19-13-8-5-11(9-18)14(16)15(13)17/h5,8,10,12,19H,2-4,6-7H2,1H3. The fourth-order valence-electron chi connectivity index (χ4n) is 2.68. The van der Waals surface area contributed by atoms with Crippen molar-refractivity contribution >= 4 is 21.6 Å². The molecule has 1 N–H and O–H groups in total. The van der Waals surface area contributed by atoms with E-state index in [-0.39, 0.29) is 10.3 Å². The maximum atomic E-state index is 14.1. The van der Waals surface area contributed by atoms with E-state index in [9.17, 15) is 4.39 Å². The molecule has 1 aromatic rings. The van der Waals surface area contributed by atoms with Crippen LogP contribution < -0.4 is 5.32 Å². The Morgan fingerprint density at radius 3 is 2.63 bits per heavy atom. The molecule has 1 aliphatic carbocycles. The van der Waals surface area contributed by atoms with Crippen LogP contribution in [0.15, 0.2) is 16.6 Å². The van der Waals surface area contributed by atoms with Crippen LogP contribution in [0.4, 0.5) is 10.1 Å². The van der Waals surface area contributed by atoms with E-state index in [0.29, 0.717) is 17.3 Å². The highest BCUT2D eigenvalue weighted by atomic mass is 79.9. The fraction of sp³-hybridized carbons (Fsp3) is 0.533. The molecule has 4 heteroatoms. The Bertz CT molecular complexity index is 488. The Balaban J connectivity index is 2.05. The van der Waals surface area contributed by atoms with Gasteiger partial charge < -0.3 is 5.32 Å². The van der Waals surface area contributed by atoms with E-state index >= 15 is 0 Å². The van der Waals surface area contributed by atoms with Gasteiger partial charge in [0.15, 0.2) is 5.82 Å². The Morgan fingerprint density at radius 2 is 2.05 bits per heavy atom. The number of hydrogen-bond donors (Lipinski definition) is 1. The number of nitrogens with one attached hydrogen (secondary N) is 1. The number of halogens is 2. The zero-order valence-electron chi connectivity index (χ0n) is 11.0. The lowest BCUT2D eigenvalue weighted by Crippen LogP contribution is -2.26. The van der Waals surface area contributed by atoms with Gasteiger partial charge in [-0.1, -0.05) is 13.3 Å². The van der Waals surface area contributed by atoms with Crippen molar-refractivity contribution in [3.8, 4) is 6.07 Å². The minimum absolute atomic E-state index is 0.252. The van der Waals surface area contributed by atoms with Gasteiger partial charge in [-0.3, -0.25) is 0 Å². The van der Waals surface area contributed by atoms with Gasteiger partial charge in [-0.05, 0) is 59.7 Å². The van der Waals surface area contributed by atoms with Gasteiger partial charge in [0.1, 0.15) is 6.07 Å². The van der Waals surface area contributed by atoms with Crippen molar-refractivity contribution in [1.29, 1.82) is 5.26 Å². The maximum absolute atomic E-state index is 14.1. The van der Waals surface area contributed by atoms with E-state index in [2.05, 4.69) is 28.2 Å². The molecule has 0 atom stereocenters. The van der Waals surface area contributed by atoms with E-state index in [0.717, 1.165) is 18.8 Å². The van der Waals surface area contributed by atoms with Gasteiger partial charge in [0.25, 0.3) is 0 Å². The maximum Gasteiger partial charge on any atom is 0.161 e. The first-order valence-electron chi connectivity index (χ1n) is 6.80. The number of hydrogen-bond acceptors (Lipinski definition) is 2. The molecule has 19 heavy (non-hydrogen) atoms. The smallest absolute Gasteiger partial charge is 0.161 e. The Labute approximate surface area is 122 Å². The van der Waals surface area contributed by atoms with Gasteiger partial charge in [-0.15, -0.1) is 0 Å². The summed E-state index contributed by atoms with van der Waals surface area (Å²) in [6.45, 7) is 2.23. The zero-order valence-corrected chi connectivity index (χ0v) is 12.6. The molecule has 1 aromatic carbocycles. The molecule has 1 saturated carbocycles. The van der Waals surface area contributed by atoms with Crippen LogP contribution in [0.2, 0.25) is 0 Å². The molecule has 0 spiro atoms. The van der Waals surface area contributed by atoms with Crippen LogP contribution in [0.5, 0.6) is 0 Å². The summed E-state index contributed by atoms with van der Waals surface area (Å²) < 4.78 is 14.3. The summed E-state index contributed by atoms with van der Waals surface area (Å²) in [6.07, 6.45) is 5.86. The predicted octanol–water partition coefficient (Wildman–Crippen LogP) is 4.84. The number of nitrogens with zero attached hydrogens (tertiary/aromatic N) is 1. The van der Waals surface area contributed by atoms with Crippen molar-refractivity contribution in [2.75, 3.05) is 5.32 Å². The van der Waals surface area contributed by atoms with Crippen molar-refractivity contribution in [2.45, 2.75) is 45.1 Å². The second-order valence-electron chi connectivity index (χ2n) is 5.17. The monoisotopic (exact) mass is 324 g/mol. The van der Waals surface area contributed by atoms with Crippen LogP contribution in [-0.2, 0) is 0 Å². The highest BCUT2D eigenvalue weighted by molar-refractivity contribution is 9.10. The van der Waals surface area contributed by atoms with E-state index < -0.39 is 0 Å². The van der Waals surface area contributed by atoms with Gasteiger partial charge >= 0.3 is 0 Å². The molecule has 0 heterocycles. The van der Waals surface area contributed by atoms with Gasteiger partial charge in [0.2, 0.25) is 0 Å². The van der Waals surface area contributed by atoms with Crippen molar-refractivity contribution < 1.29 is 4.39 Å². The van der Waals surface area contributed by atoms with Crippen molar-refractivity contribution in [3.05, 3.63) is 28.0 Å². The third-order valence-electron chi connectivity index (χ3n) is 3.99. The Hall–Kier alpha value is -1.08. The summed E-state index contributed by atoms with van der Waals surface area (Å²) in [6, 6.07) is 5.61. The van der Waals surface area contributed by atoms with E-state index in [4.69, 9.17) is 5.26 Å². The summed E-state index contributed by atoms with van der Waals surface area (Å²) >= 11 is 3.14. The van der Waals surface area contributed by atoms with Crippen molar-refractivity contribution in [3.63, 3.8) is 0 Å². The molecular formula is C15H18BrFN2. The van der Waals surface area contributed by atoms with Crippen LogP contribution in [0, 0.1) is 23.1 Å². The zero-order chi connectivity index (χ0) is 13.8. The van der Waals surface area contributed by atoms with Crippen molar-refractivity contribution in [2.24, 2.45) is 5.92 Å². The van der Waals surface area contributed by atoms with Crippen LogP contribution in [0.25, 0.3) is 0 Å². The molecule has 0 aromatic heterocycles. The molecule has 0 aliphatic heterocycles.